The fourth-order valence-electron chi connectivity index (χ4n) is 1.63. The van der Waals surface area contributed by atoms with Gasteiger partial charge in [-0.3, -0.25) is 0 Å². The van der Waals surface area contributed by atoms with Crippen molar-refractivity contribution in [2.45, 2.75) is 24.4 Å². The van der Waals surface area contributed by atoms with Crippen LogP contribution < -0.4 is 4.74 Å². The molecule has 0 heterocycles. The summed E-state index contributed by atoms with van der Waals surface area (Å²) in [6.07, 6.45) is -6.76. The average molecular weight is 316 g/mol. The van der Waals surface area contributed by atoms with Gasteiger partial charge >= 0.3 is 5.97 Å². The predicted octanol–water partition coefficient (Wildman–Crippen LogP) is -1.71. The maximum absolute atomic E-state index is 11.7. The highest BCUT2D eigenvalue weighted by atomic mass is 16.5. The lowest BCUT2D eigenvalue weighted by Gasteiger charge is -2.25. The number of benzene rings is 1. The Morgan fingerprint density at radius 2 is 1.59 bits per heavy atom. The lowest BCUT2D eigenvalue weighted by Crippen LogP contribution is -2.47. The van der Waals surface area contributed by atoms with Crippen molar-refractivity contribution < 1.29 is 39.8 Å². The highest BCUT2D eigenvalue weighted by Gasteiger charge is 2.30. The van der Waals surface area contributed by atoms with Crippen LogP contribution in [0.5, 0.6) is 5.75 Å². The van der Waals surface area contributed by atoms with E-state index in [1.807, 2.05) is 0 Å². The first-order chi connectivity index (χ1) is 10.4. The zero-order chi connectivity index (χ0) is 16.7. The molecule has 0 amide bonds. The molecule has 0 radical (unpaired) electrons. The summed E-state index contributed by atoms with van der Waals surface area (Å²) in [6, 6.07) is 6.05. The standard InChI is InChI=1S/C14H20O8/c1-21-9-4-2-8(3-5-9)14(20)22-7-11(17)13(19)12(18)10(16)6-15/h2-5,10-13,15-19H,6-7H2,1H3/t10-,11+,12-,13-/m1/s1. The van der Waals surface area contributed by atoms with Crippen LogP contribution in [-0.4, -0.2) is 76.2 Å². The van der Waals surface area contributed by atoms with Crippen molar-refractivity contribution in [3.8, 4) is 5.75 Å². The predicted molar refractivity (Wildman–Crippen MR) is 74.4 cm³/mol. The maximum Gasteiger partial charge on any atom is 0.338 e. The molecule has 5 N–H and O–H groups in total. The Kier molecular flexibility index (Phi) is 7.22. The number of rotatable bonds is 8. The number of carbonyl (C=O) groups excluding carboxylic acids is 1. The SMILES string of the molecule is COc1ccc(C(=O)OC[C@H](O)[C@@H](O)[C@H](O)[C@H](O)CO)cc1. The number of methoxy groups -OCH3 is 1. The molecule has 0 aliphatic rings. The molecule has 0 fully saturated rings. The molecule has 0 saturated carbocycles. The topological polar surface area (TPSA) is 137 Å². The molecule has 0 unspecified atom stereocenters. The quantitative estimate of drug-likeness (QED) is 0.358. The van der Waals surface area contributed by atoms with Crippen LogP contribution in [0.25, 0.3) is 0 Å². The summed E-state index contributed by atoms with van der Waals surface area (Å²) in [5.41, 5.74) is 0.221. The van der Waals surface area contributed by atoms with Crippen LogP contribution in [0.1, 0.15) is 10.4 Å². The number of hydrogen-bond donors (Lipinski definition) is 5. The van der Waals surface area contributed by atoms with E-state index in [1.165, 1.54) is 19.2 Å². The van der Waals surface area contributed by atoms with Gasteiger partial charge in [-0.05, 0) is 24.3 Å². The number of aliphatic hydroxyl groups is 5. The highest BCUT2D eigenvalue weighted by Crippen LogP contribution is 2.13. The van der Waals surface area contributed by atoms with Gasteiger partial charge in [-0.15, -0.1) is 0 Å². The Morgan fingerprint density at radius 1 is 1.05 bits per heavy atom. The van der Waals surface area contributed by atoms with Gasteiger partial charge in [0.2, 0.25) is 0 Å². The summed E-state index contributed by atoms with van der Waals surface area (Å²) >= 11 is 0. The Labute approximate surface area is 127 Å². The van der Waals surface area contributed by atoms with E-state index in [9.17, 15) is 20.1 Å². The minimum atomic E-state index is -1.77. The molecule has 0 aromatic heterocycles. The number of carbonyl (C=O) groups is 1. The second-order valence-corrected chi connectivity index (χ2v) is 4.63. The normalized spacial score (nSPS) is 16.5. The Bertz CT molecular complexity index is 460. The third kappa shape index (κ3) is 4.93. The Hall–Kier alpha value is -1.71. The van der Waals surface area contributed by atoms with Gasteiger partial charge in [0, 0.05) is 0 Å². The lowest BCUT2D eigenvalue weighted by molar-refractivity contribution is -0.124. The fraction of sp³-hybridized carbons (Fsp3) is 0.500. The molecule has 0 bridgehead atoms. The zero-order valence-electron chi connectivity index (χ0n) is 12.0. The molecule has 124 valence electrons. The van der Waals surface area contributed by atoms with Gasteiger partial charge in [0.25, 0.3) is 0 Å². The van der Waals surface area contributed by atoms with E-state index < -0.39 is 43.6 Å². The van der Waals surface area contributed by atoms with Gasteiger partial charge in [-0.25, -0.2) is 4.79 Å². The van der Waals surface area contributed by atoms with Crippen LogP contribution in [-0.2, 0) is 4.74 Å². The van der Waals surface area contributed by atoms with E-state index in [0.29, 0.717) is 5.75 Å². The fourth-order valence-corrected chi connectivity index (χ4v) is 1.63. The molecule has 0 saturated heterocycles. The minimum Gasteiger partial charge on any atom is -0.497 e. The van der Waals surface area contributed by atoms with Gasteiger partial charge in [0.15, 0.2) is 0 Å². The van der Waals surface area contributed by atoms with E-state index in [0.717, 1.165) is 0 Å². The summed E-state index contributed by atoms with van der Waals surface area (Å²) in [4.78, 5) is 11.7. The van der Waals surface area contributed by atoms with E-state index >= 15 is 0 Å². The lowest BCUT2D eigenvalue weighted by atomic mass is 10.0. The summed E-state index contributed by atoms with van der Waals surface area (Å²) in [6.45, 7) is -1.36. The molecule has 8 nitrogen and oxygen atoms in total. The smallest absolute Gasteiger partial charge is 0.338 e. The second kappa shape index (κ2) is 8.66. The highest BCUT2D eigenvalue weighted by molar-refractivity contribution is 5.89. The molecule has 0 spiro atoms. The van der Waals surface area contributed by atoms with Crippen molar-refractivity contribution >= 4 is 5.97 Å². The Morgan fingerprint density at radius 3 is 2.09 bits per heavy atom. The summed E-state index contributed by atoms with van der Waals surface area (Å²) in [5, 5.41) is 46.4. The molecule has 8 heteroatoms. The average Bonchev–Trinajstić information content (AvgIpc) is 2.57. The second-order valence-electron chi connectivity index (χ2n) is 4.63. The van der Waals surface area contributed by atoms with Gasteiger partial charge < -0.3 is 35.0 Å². The van der Waals surface area contributed by atoms with Gasteiger partial charge in [-0.2, -0.15) is 0 Å². The third-order valence-corrected chi connectivity index (χ3v) is 3.04. The van der Waals surface area contributed by atoms with Crippen molar-refractivity contribution in [2.24, 2.45) is 0 Å². The molecular weight excluding hydrogens is 296 g/mol. The molecule has 1 rings (SSSR count). The van der Waals surface area contributed by atoms with Crippen LogP contribution >= 0.6 is 0 Å². The van der Waals surface area contributed by atoms with Crippen molar-refractivity contribution in [3.63, 3.8) is 0 Å². The number of hydrogen-bond acceptors (Lipinski definition) is 8. The summed E-state index contributed by atoms with van der Waals surface area (Å²) < 4.78 is 9.74. The van der Waals surface area contributed by atoms with Crippen LogP contribution in [0.2, 0.25) is 0 Å². The molecule has 22 heavy (non-hydrogen) atoms. The monoisotopic (exact) mass is 316 g/mol. The first-order valence-corrected chi connectivity index (χ1v) is 6.55. The first-order valence-electron chi connectivity index (χ1n) is 6.55. The van der Waals surface area contributed by atoms with E-state index in [2.05, 4.69) is 0 Å². The van der Waals surface area contributed by atoms with Crippen LogP contribution in [0, 0.1) is 0 Å². The molecule has 4 atom stereocenters. The van der Waals surface area contributed by atoms with Crippen molar-refractivity contribution in [3.05, 3.63) is 29.8 Å². The van der Waals surface area contributed by atoms with Gasteiger partial charge in [0.05, 0.1) is 19.3 Å². The van der Waals surface area contributed by atoms with Crippen LogP contribution in [0.4, 0.5) is 0 Å². The van der Waals surface area contributed by atoms with Crippen molar-refractivity contribution in [1.29, 1.82) is 0 Å². The third-order valence-electron chi connectivity index (χ3n) is 3.04. The van der Waals surface area contributed by atoms with E-state index in [1.54, 1.807) is 12.1 Å². The molecule has 1 aromatic carbocycles. The van der Waals surface area contributed by atoms with Crippen LogP contribution in [0.3, 0.4) is 0 Å². The van der Waals surface area contributed by atoms with Gasteiger partial charge in [0.1, 0.15) is 36.8 Å². The minimum absolute atomic E-state index is 0.221. The molecule has 0 aliphatic carbocycles. The number of ether oxygens (including phenoxy) is 2. The van der Waals surface area contributed by atoms with E-state index in [-0.39, 0.29) is 5.56 Å². The largest absolute Gasteiger partial charge is 0.497 e. The molecule has 0 aliphatic heterocycles. The number of esters is 1. The van der Waals surface area contributed by atoms with E-state index in [4.69, 9.17) is 19.7 Å². The van der Waals surface area contributed by atoms with Crippen molar-refractivity contribution in [1.82, 2.24) is 0 Å². The molecular formula is C14H20O8. The molecule has 1 aromatic rings. The summed E-state index contributed by atoms with van der Waals surface area (Å²) in [7, 11) is 1.48. The first kappa shape index (κ1) is 18.3. The maximum atomic E-state index is 11.7. The summed E-state index contributed by atoms with van der Waals surface area (Å²) in [5.74, 6) is -0.167. The van der Waals surface area contributed by atoms with Crippen molar-refractivity contribution in [2.75, 3.05) is 20.3 Å². The Balaban J connectivity index is 2.51. The zero-order valence-corrected chi connectivity index (χ0v) is 12.0. The van der Waals surface area contributed by atoms with Crippen LogP contribution in [0.15, 0.2) is 24.3 Å². The van der Waals surface area contributed by atoms with Gasteiger partial charge in [-0.1, -0.05) is 0 Å². The number of aliphatic hydroxyl groups excluding tert-OH is 5.